The van der Waals surface area contributed by atoms with Crippen molar-refractivity contribution in [3.8, 4) is 11.4 Å². The number of carbonyl (C=O) groups excluding carboxylic acids is 1. The number of hydrogen-bond donors (Lipinski definition) is 1. The highest BCUT2D eigenvalue weighted by atomic mass is 32.2. The fraction of sp³-hybridized carbons (Fsp3) is 0.250. The molecule has 152 valence electrons. The molecule has 2 aromatic carbocycles. The Balaban J connectivity index is 1.83. The van der Waals surface area contributed by atoms with E-state index >= 15 is 0 Å². The Morgan fingerprint density at radius 2 is 1.79 bits per heavy atom. The number of sulfonamides is 1. The second-order valence-electron chi connectivity index (χ2n) is 6.82. The van der Waals surface area contributed by atoms with Crippen LogP contribution in [0.5, 0.6) is 0 Å². The maximum Gasteiger partial charge on any atom is 0.246 e. The summed E-state index contributed by atoms with van der Waals surface area (Å²) >= 11 is 0. The SMILES string of the molecule is Cc1nc(-c2ccccc2)n(CC(=O)Nc2ccc(C)c(S(=O)(=O)N(C)C)c2)n1. The molecule has 3 aromatic rings. The molecule has 1 aromatic heterocycles. The third kappa shape index (κ3) is 4.52. The Kier molecular flexibility index (Phi) is 5.81. The molecule has 0 radical (unpaired) electrons. The molecule has 0 aliphatic carbocycles. The Bertz CT molecular complexity index is 1140. The van der Waals surface area contributed by atoms with Crippen molar-refractivity contribution in [3.63, 3.8) is 0 Å². The molecule has 0 bridgehead atoms. The van der Waals surface area contributed by atoms with E-state index in [4.69, 9.17) is 0 Å². The van der Waals surface area contributed by atoms with Crippen LogP contribution < -0.4 is 5.32 Å². The summed E-state index contributed by atoms with van der Waals surface area (Å²) in [5, 5.41) is 7.05. The van der Waals surface area contributed by atoms with E-state index in [9.17, 15) is 13.2 Å². The molecule has 8 nitrogen and oxygen atoms in total. The van der Waals surface area contributed by atoms with E-state index in [2.05, 4.69) is 15.4 Å². The van der Waals surface area contributed by atoms with Gasteiger partial charge in [-0.05, 0) is 31.5 Å². The lowest BCUT2D eigenvalue weighted by Gasteiger charge is -2.15. The molecular weight excluding hydrogens is 390 g/mol. The maximum absolute atomic E-state index is 12.6. The lowest BCUT2D eigenvalue weighted by molar-refractivity contribution is -0.116. The first-order valence-corrected chi connectivity index (χ1v) is 10.4. The topological polar surface area (TPSA) is 97.2 Å². The van der Waals surface area contributed by atoms with Gasteiger partial charge in [-0.3, -0.25) is 4.79 Å². The minimum atomic E-state index is -3.61. The summed E-state index contributed by atoms with van der Waals surface area (Å²) in [7, 11) is -0.669. The summed E-state index contributed by atoms with van der Waals surface area (Å²) in [5.41, 5.74) is 1.87. The zero-order valence-corrected chi connectivity index (χ0v) is 17.6. The first kappa shape index (κ1) is 20.7. The smallest absolute Gasteiger partial charge is 0.246 e. The minimum absolute atomic E-state index is 0.0469. The van der Waals surface area contributed by atoms with E-state index in [0.29, 0.717) is 22.9 Å². The van der Waals surface area contributed by atoms with Crippen LogP contribution in [0.1, 0.15) is 11.4 Å². The van der Waals surface area contributed by atoms with Gasteiger partial charge in [-0.15, -0.1) is 0 Å². The quantitative estimate of drug-likeness (QED) is 0.669. The Labute approximate surface area is 170 Å². The van der Waals surface area contributed by atoms with Gasteiger partial charge in [0.15, 0.2) is 5.82 Å². The maximum atomic E-state index is 12.6. The van der Waals surface area contributed by atoms with Crippen molar-refractivity contribution in [2.75, 3.05) is 19.4 Å². The monoisotopic (exact) mass is 413 g/mol. The largest absolute Gasteiger partial charge is 0.324 e. The van der Waals surface area contributed by atoms with Gasteiger partial charge in [-0.25, -0.2) is 22.4 Å². The lowest BCUT2D eigenvalue weighted by Crippen LogP contribution is -2.24. The van der Waals surface area contributed by atoms with Crippen LogP contribution in [0.2, 0.25) is 0 Å². The highest BCUT2D eigenvalue weighted by Crippen LogP contribution is 2.23. The fourth-order valence-corrected chi connectivity index (χ4v) is 4.00. The first-order valence-electron chi connectivity index (χ1n) is 8.98. The van der Waals surface area contributed by atoms with E-state index in [-0.39, 0.29) is 17.3 Å². The van der Waals surface area contributed by atoms with Crippen molar-refractivity contribution in [2.24, 2.45) is 0 Å². The van der Waals surface area contributed by atoms with Crippen LogP contribution in [-0.2, 0) is 21.4 Å². The number of carbonyl (C=O) groups is 1. The summed E-state index contributed by atoms with van der Waals surface area (Å²) in [6.07, 6.45) is 0. The van der Waals surface area contributed by atoms with Crippen LogP contribution in [0.3, 0.4) is 0 Å². The van der Waals surface area contributed by atoms with E-state index in [0.717, 1.165) is 9.87 Å². The van der Waals surface area contributed by atoms with Gasteiger partial charge in [0, 0.05) is 25.3 Å². The molecular formula is C20H23N5O3S. The number of nitrogens with one attached hydrogen (secondary N) is 1. The first-order chi connectivity index (χ1) is 13.7. The van der Waals surface area contributed by atoms with Crippen molar-refractivity contribution < 1.29 is 13.2 Å². The van der Waals surface area contributed by atoms with Crippen LogP contribution in [-0.4, -0.2) is 47.5 Å². The molecule has 29 heavy (non-hydrogen) atoms. The van der Waals surface area contributed by atoms with E-state index in [1.807, 2.05) is 30.3 Å². The number of hydrogen-bond acceptors (Lipinski definition) is 5. The van der Waals surface area contributed by atoms with Crippen LogP contribution in [0.25, 0.3) is 11.4 Å². The molecule has 1 heterocycles. The zero-order valence-electron chi connectivity index (χ0n) is 16.7. The van der Waals surface area contributed by atoms with Gasteiger partial charge in [-0.1, -0.05) is 36.4 Å². The van der Waals surface area contributed by atoms with Crippen LogP contribution >= 0.6 is 0 Å². The van der Waals surface area contributed by atoms with Crippen LogP contribution in [0.15, 0.2) is 53.4 Å². The van der Waals surface area contributed by atoms with Crippen LogP contribution in [0, 0.1) is 13.8 Å². The number of amides is 1. The van der Waals surface area contributed by atoms with Gasteiger partial charge in [0.25, 0.3) is 0 Å². The summed E-state index contributed by atoms with van der Waals surface area (Å²) in [4.78, 5) is 17.2. The zero-order chi connectivity index (χ0) is 21.2. The predicted octanol–water partition coefficient (Wildman–Crippen LogP) is 2.45. The van der Waals surface area contributed by atoms with Crippen molar-refractivity contribution in [3.05, 3.63) is 59.9 Å². The number of nitrogens with zero attached hydrogens (tertiary/aromatic N) is 4. The van der Waals surface area contributed by atoms with E-state index < -0.39 is 10.0 Å². The minimum Gasteiger partial charge on any atom is -0.324 e. The molecule has 1 N–H and O–H groups in total. The normalized spacial score (nSPS) is 11.6. The summed E-state index contributed by atoms with van der Waals surface area (Å²) in [6, 6.07) is 14.3. The van der Waals surface area contributed by atoms with Crippen molar-refractivity contribution in [2.45, 2.75) is 25.3 Å². The van der Waals surface area contributed by atoms with Gasteiger partial charge in [0.2, 0.25) is 15.9 Å². The number of benzene rings is 2. The number of rotatable bonds is 6. The second kappa shape index (κ2) is 8.14. The van der Waals surface area contributed by atoms with Crippen molar-refractivity contribution in [1.29, 1.82) is 0 Å². The van der Waals surface area contributed by atoms with E-state index in [1.165, 1.54) is 24.8 Å². The highest BCUT2D eigenvalue weighted by molar-refractivity contribution is 7.89. The standard InChI is InChI=1S/C20H23N5O3S/c1-14-10-11-17(12-18(14)29(27,28)24(3)4)22-19(26)13-25-20(21-15(2)23-25)16-8-6-5-7-9-16/h5-12H,13H2,1-4H3,(H,22,26). The molecule has 0 unspecified atom stereocenters. The Morgan fingerprint density at radius 1 is 1.10 bits per heavy atom. The molecule has 0 aliphatic rings. The van der Waals surface area contributed by atoms with Gasteiger partial charge in [0.05, 0.1) is 4.90 Å². The van der Waals surface area contributed by atoms with Crippen LogP contribution in [0.4, 0.5) is 5.69 Å². The number of aryl methyl sites for hydroxylation is 2. The highest BCUT2D eigenvalue weighted by Gasteiger charge is 2.21. The molecule has 3 rings (SSSR count). The predicted molar refractivity (Wildman–Crippen MR) is 111 cm³/mol. The molecule has 9 heteroatoms. The number of anilines is 1. The van der Waals surface area contributed by atoms with Gasteiger partial charge < -0.3 is 5.32 Å². The molecule has 0 aliphatic heterocycles. The molecule has 0 atom stereocenters. The van der Waals surface area contributed by atoms with E-state index in [1.54, 1.807) is 26.0 Å². The Hall–Kier alpha value is -3.04. The summed E-state index contributed by atoms with van der Waals surface area (Å²) in [6.45, 7) is 3.43. The summed E-state index contributed by atoms with van der Waals surface area (Å²) < 4.78 is 27.6. The lowest BCUT2D eigenvalue weighted by atomic mass is 10.2. The molecule has 0 saturated heterocycles. The Morgan fingerprint density at radius 3 is 2.45 bits per heavy atom. The average molecular weight is 414 g/mol. The number of aromatic nitrogens is 3. The molecule has 0 fully saturated rings. The third-order valence-electron chi connectivity index (χ3n) is 4.33. The van der Waals surface area contributed by atoms with Crippen molar-refractivity contribution in [1.82, 2.24) is 19.1 Å². The van der Waals surface area contributed by atoms with Gasteiger partial charge in [-0.2, -0.15) is 5.10 Å². The second-order valence-corrected chi connectivity index (χ2v) is 8.94. The summed E-state index contributed by atoms with van der Waals surface area (Å²) in [5.74, 6) is 0.827. The molecule has 0 spiro atoms. The molecule has 1 amide bonds. The molecule has 0 saturated carbocycles. The average Bonchev–Trinajstić information content (AvgIpc) is 3.03. The van der Waals surface area contributed by atoms with Gasteiger partial charge in [0.1, 0.15) is 12.4 Å². The van der Waals surface area contributed by atoms with Gasteiger partial charge >= 0.3 is 0 Å². The third-order valence-corrected chi connectivity index (χ3v) is 6.29. The van der Waals surface area contributed by atoms with Crippen molar-refractivity contribution >= 4 is 21.6 Å². The fourth-order valence-electron chi connectivity index (χ4n) is 2.86.